The van der Waals surface area contributed by atoms with Crippen molar-refractivity contribution >= 4 is 17.3 Å². The fourth-order valence-corrected chi connectivity index (χ4v) is 1.61. The smallest absolute Gasteiger partial charge is 0.133 e. The van der Waals surface area contributed by atoms with Crippen molar-refractivity contribution in [2.45, 2.75) is 13.5 Å². The number of hydrogen-bond acceptors (Lipinski definition) is 4. The van der Waals surface area contributed by atoms with Gasteiger partial charge in [-0.25, -0.2) is 4.98 Å². The Morgan fingerprint density at radius 1 is 1.29 bits per heavy atom. The van der Waals surface area contributed by atoms with E-state index in [0.717, 1.165) is 17.1 Å². The predicted octanol–water partition coefficient (Wildman–Crippen LogP) is 2.76. The highest BCUT2D eigenvalue weighted by Crippen LogP contribution is 2.16. The van der Waals surface area contributed by atoms with Crippen LogP contribution in [0.5, 0.6) is 5.75 Å². The molecule has 2 aromatic heterocycles. The van der Waals surface area contributed by atoms with Crippen LogP contribution < -0.4 is 5.32 Å². The summed E-state index contributed by atoms with van der Waals surface area (Å²) in [5.41, 5.74) is 2.61. The first kappa shape index (κ1) is 11.7. The molecule has 0 saturated heterocycles. The van der Waals surface area contributed by atoms with Gasteiger partial charge in [0.05, 0.1) is 29.8 Å². The van der Waals surface area contributed by atoms with Crippen molar-refractivity contribution in [1.82, 2.24) is 9.97 Å². The van der Waals surface area contributed by atoms with Crippen LogP contribution in [0.25, 0.3) is 0 Å². The fraction of sp³-hybridized carbons (Fsp3) is 0.167. The highest BCUT2D eigenvalue weighted by atomic mass is 35.5. The van der Waals surface area contributed by atoms with Crippen molar-refractivity contribution in [3.63, 3.8) is 0 Å². The van der Waals surface area contributed by atoms with Crippen LogP contribution in [0.4, 0.5) is 5.69 Å². The summed E-state index contributed by atoms with van der Waals surface area (Å²) in [5.74, 6) is 0.165. The van der Waals surface area contributed by atoms with Gasteiger partial charge in [-0.1, -0.05) is 11.6 Å². The van der Waals surface area contributed by atoms with Crippen LogP contribution in [0, 0.1) is 6.92 Å². The molecule has 2 rings (SSSR count). The quantitative estimate of drug-likeness (QED) is 0.822. The van der Waals surface area contributed by atoms with E-state index < -0.39 is 0 Å². The molecule has 2 N–H and O–H groups in total. The lowest BCUT2D eigenvalue weighted by Gasteiger charge is -2.08. The van der Waals surface area contributed by atoms with Crippen LogP contribution in [0.1, 0.15) is 11.4 Å². The van der Waals surface area contributed by atoms with Crippen molar-refractivity contribution in [2.24, 2.45) is 0 Å². The van der Waals surface area contributed by atoms with E-state index >= 15 is 0 Å². The number of nitrogens with zero attached hydrogens (tertiary/aromatic N) is 2. The second-order valence-corrected chi connectivity index (χ2v) is 4.02. The first-order valence-corrected chi connectivity index (χ1v) is 5.54. The minimum atomic E-state index is 0.165. The van der Waals surface area contributed by atoms with Crippen LogP contribution >= 0.6 is 11.6 Å². The zero-order valence-electron chi connectivity index (χ0n) is 9.31. The molecule has 2 heterocycles. The van der Waals surface area contributed by atoms with Gasteiger partial charge in [-0.05, 0) is 31.2 Å². The fourth-order valence-electron chi connectivity index (χ4n) is 1.42. The summed E-state index contributed by atoms with van der Waals surface area (Å²) in [7, 11) is 0. The van der Waals surface area contributed by atoms with Gasteiger partial charge in [-0.3, -0.25) is 4.98 Å². The maximum atomic E-state index is 9.11. The Morgan fingerprint density at radius 2 is 2.12 bits per heavy atom. The molecule has 0 spiro atoms. The van der Waals surface area contributed by atoms with Gasteiger partial charge >= 0.3 is 0 Å². The van der Waals surface area contributed by atoms with E-state index in [-0.39, 0.29) is 5.75 Å². The summed E-state index contributed by atoms with van der Waals surface area (Å²) >= 11 is 5.77. The summed E-state index contributed by atoms with van der Waals surface area (Å²) in [4.78, 5) is 8.22. The summed E-state index contributed by atoms with van der Waals surface area (Å²) in [6.45, 7) is 2.46. The standard InChI is InChI=1S/C12H12ClN3O/c1-8-11(4-5-12(13)16-8)15-6-9-2-3-10(17)7-14-9/h2-5,7,15,17H,6H2,1H3. The Hall–Kier alpha value is -1.81. The van der Waals surface area contributed by atoms with Crippen LogP contribution in [-0.2, 0) is 6.54 Å². The number of aryl methyl sites for hydroxylation is 1. The van der Waals surface area contributed by atoms with Crippen molar-refractivity contribution in [3.05, 3.63) is 47.0 Å². The van der Waals surface area contributed by atoms with Crippen molar-refractivity contribution in [3.8, 4) is 5.75 Å². The van der Waals surface area contributed by atoms with Crippen LogP contribution in [0.2, 0.25) is 5.15 Å². The summed E-state index contributed by atoms with van der Waals surface area (Å²) in [5, 5.41) is 12.8. The maximum Gasteiger partial charge on any atom is 0.133 e. The van der Waals surface area contributed by atoms with Gasteiger partial charge < -0.3 is 10.4 Å². The first-order valence-electron chi connectivity index (χ1n) is 5.16. The van der Waals surface area contributed by atoms with E-state index in [1.807, 2.05) is 13.0 Å². The largest absolute Gasteiger partial charge is 0.506 e. The van der Waals surface area contributed by atoms with Gasteiger partial charge in [0, 0.05) is 0 Å². The Bertz CT molecular complexity index is 514. The van der Waals surface area contributed by atoms with Crippen LogP contribution in [-0.4, -0.2) is 15.1 Å². The molecule has 2 aromatic rings. The minimum absolute atomic E-state index is 0.165. The van der Waals surface area contributed by atoms with Gasteiger partial charge in [-0.15, -0.1) is 0 Å². The number of hydrogen-bond donors (Lipinski definition) is 2. The molecule has 88 valence electrons. The zero-order chi connectivity index (χ0) is 12.3. The highest BCUT2D eigenvalue weighted by molar-refractivity contribution is 6.29. The van der Waals surface area contributed by atoms with Crippen molar-refractivity contribution in [1.29, 1.82) is 0 Å². The molecule has 0 aromatic carbocycles. The van der Waals surface area contributed by atoms with Crippen molar-refractivity contribution in [2.75, 3.05) is 5.32 Å². The molecule has 0 aliphatic rings. The Balaban J connectivity index is 2.04. The molecule has 0 radical (unpaired) electrons. The predicted molar refractivity (Wildman–Crippen MR) is 67.2 cm³/mol. The van der Waals surface area contributed by atoms with Crippen LogP contribution in [0.15, 0.2) is 30.5 Å². The average Bonchev–Trinajstić information content (AvgIpc) is 2.30. The molecule has 17 heavy (non-hydrogen) atoms. The van der Waals surface area contributed by atoms with Gasteiger partial charge in [0.2, 0.25) is 0 Å². The molecule has 0 aliphatic heterocycles. The first-order chi connectivity index (χ1) is 8.15. The SMILES string of the molecule is Cc1nc(Cl)ccc1NCc1ccc(O)cn1. The summed E-state index contributed by atoms with van der Waals surface area (Å²) in [6.07, 6.45) is 1.42. The molecule has 5 heteroatoms. The minimum Gasteiger partial charge on any atom is -0.506 e. The van der Waals surface area contributed by atoms with Gasteiger partial charge in [0.15, 0.2) is 0 Å². The lowest BCUT2D eigenvalue weighted by atomic mass is 10.3. The van der Waals surface area contributed by atoms with E-state index in [1.54, 1.807) is 18.2 Å². The Kier molecular flexibility index (Phi) is 3.44. The normalized spacial score (nSPS) is 10.2. The maximum absolute atomic E-state index is 9.11. The molecular formula is C12H12ClN3O. The molecule has 0 saturated carbocycles. The number of anilines is 1. The van der Waals surface area contributed by atoms with Crippen molar-refractivity contribution < 1.29 is 5.11 Å². The lowest BCUT2D eigenvalue weighted by Crippen LogP contribution is -2.03. The average molecular weight is 250 g/mol. The third kappa shape index (κ3) is 3.07. The molecular weight excluding hydrogens is 238 g/mol. The summed E-state index contributed by atoms with van der Waals surface area (Å²) in [6, 6.07) is 6.99. The number of halogens is 1. The molecule has 0 bridgehead atoms. The lowest BCUT2D eigenvalue weighted by molar-refractivity contribution is 0.472. The molecule has 0 aliphatic carbocycles. The highest BCUT2D eigenvalue weighted by Gasteiger charge is 2.01. The Morgan fingerprint density at radius 3 is 2.76 bits per heavy atom. The number of aromatic nitrogens is 2. The van der Waals surface area contributed by atoms with Gasteiger partial charge in [0.25, 0.3) is 0 Å². The zero-order valence-corrected chi connectivity index (χ0v) is 10.1. The van der Waals surface area contributed by atoms with E-state index in [0.29, 0.717) is 11.7 Å². The number of pyridine rings is 2. The van der Waals surface area contributed by atoms with Gasteiger partial charge in [0.1, 0.15) is 10.9 Å². The number of aromatic hydroxyl groups is 1. The number of nitrogens with one attached hydrogen (secondary N) is 1. The molecule has 0 fully saturated rings. The summed E-state index contributed by atoms with van der Waals surface area (Å²) < 4.78 is 0. The third-order valence-corrected chi connectivity index (χ3v) is 2.53. The molecule has 0 unspecified atom stereocenters. The monoisotopic (exact) mass is 249 g/mol. The second-order valence-electron chi connectivity index (χ2n) is 3.63. The van der Waals surface area contributed by atoms with Gasteiger partial charge in [-0.2, -0.15) is 0 Å². The van der Waals surface area contributed by atoms with E-state index in [2.05, 4.69) is 15.3 Å². The molecule has 4 nitrogen and oxygen atoms in total. The molecule has 0 amide bonds. The third-order valence-electron chi connectivity index (χ3n) is 2.32. The van der Waals surface area contributed by atoms with E-state index in [4.69, 9.17) is 16.7 Å². The Labute approximate surface area is 104 Å². The van der Waals surface area contributed by atoms with E-state index in [9.17, 15) is 0 Å². The van der Waals surface area contributed by atoms with Crippen LogP contribution in [0.3, 0.4) is 0 Å². The van der Waals surface area contributed by atoms with E-state index in [1.165, 1.54) is 6.20 Å². The second kappa shape index (κ2) is 5.01. The molecule has 0 atom stereocenters. The number of rotatable bonds is 3. The topological polar surface area (TPSA) is 58.0 Å².